The Morgan fingerprint density at radius 3 is 2.49 bits per heavy atom. The molecule has 4 aliphatic rings. The van der Waals surface area contributed by atoms with Crippen LogP contribution in [0.25, 0.3) is 0 Å². The van der Waals surface area contributed by atoms with Gasteiger partial charge in [-0.3, -0.25) is 18.9 Å². The number of rotatable bonds is 8. The zero-order valence-electron chi connectivity index (χ0n) is 24.3. The van der Waals surface area contributed by atoms with Crippen LogP contribution in [0.4, 0.5) is 4.39 Å². The molecule has 0 bridgehead atoms. The summed E-state index contributed by atoms with van der Waals surface area (Å²) in [6.45, 7) is 13.6. The molecule has 0 aromatic heterocycles. The predicted octanol–water partition coefficient (Wildman–Crippen LogP) is 5.36. The van der Waals surface area contributed by atoms with Crippen molar-refractivity contribution in [2.75, 3.05) is 33.4 Å². The normalized spacial score (nSPS) is 40.1. The summed E-state index contributed by atoms with van der Waals surface area (Å²) in [4.78, 5) is 28.5. The molecule has 4 rings (SSSR count). The van der Waals surface area contributed by atoms with Crippen molar-refractivity contribution in [3.05, 3.63) is 47.4 Å². The second kappa shape index (κ2) is 12.5. The highest BCUT2D eigenvalue weighted by atomic mass is 32.1. The quantitative estimate of drug-likeness (QED) is 0.211. The van der Waals surface area contributed by atoms with Crippen molar-refractivity contribution in [3.8, 4) is 0 Å². The third-order valence-electron chi connectivity index (χ3n) is 10.7. The van der Waals surface area contributed by atoms with Gasteiger partial charge >= 0.3 is 0 Å². The van der Waals surface area contributed by atoms with Gasteiger partial charge in [0.15, 0.2) is 11.6 Å². The van der Waals surface area contributed by atoms with Gasteiger partial charge < -0.3 is 10.2 Å². The van der Waals surface area contributed by atoms with Gasteiger partial charge in [-0.15, -0.1) is 12.6 Å². The molecule has 3 aliphatic carbocycles. The first kappa shape index (κ1) is 32.0. The standard InChI is InChI=1S/C31H45NO4S.CH3F/c1-6-22(10-9-21(3)37)16-32-17-23-14-25-24-8-7-12-29(4,13-11-20(2)34)28(24)26(35)15-30(25,5)31(23,19-32)27(36)18-33;1-2/h6,9-11,13,23-26,28,33,35,37H,3,7-8,12,14-19H2,1-2,4-5H3;1H3/b10-9-,13-11-,22-6+;/t23-,24?,25-,26?,28?,29?,30?,31+;/m0./s1. The van der Waals surface area contributed by atoms with Gasteiger partial charge in [-0.05, 0) is 96.7 Å². The van der Waals surface area contributed by atoms with E-state index in [4.69, 9.17) is 0 Å². The summed E-state index contributed by atoms with van der Waals surface area (Å²) in [7, 11) is 0.500. The molecule has 39 heavy (non-hydrogen) atoms. The molecule has 1 saturated heterocycles. The molecule has 5 nitrogen and oxygen atoms in total. The van der Waals surface area contributed by atoms with Crippen molar-refractivity contribution < 1.29 is 24.2 Å². The zero-order chi connectivity index (χ0) is 29.2. The predicted molar refractivity (Wildman–Crippen MR) is 158 cm³/mol. The molecule has 4 fully saturated rings. The van der Waals surface area contributed by atoms with Gasteiger partial charge in [0.25, 0.3) is 0 Å². The molecule has 2 N–H and O–H groups in total. The highest BCUT2D eigenvalue weighted by Gasteiger charge is 2.72. The molecule has 8 atom stereocenters. The van der Waals surface area contributed by atoms with Crippen molar-refractivity contribution in [1.29, 1.82) is 0 Å². The van der Waals surface area contributed by atoms with Gasteiger partial charge in [0, 0.05) is 19.6 Å². The highest BCUT2D eigenvalue weighted by Crippen LogP contribution is 2.72. The summed E-state index contributed by atoms with van der Waals surface area (Å²) in [5.41, 5.74) is -0.109. The van der Waals surface area contributed by atoms with E-state index < -0.39 is 18.1 Å². The number of aliphatic hydroxyl groups excluding tert-OH is 2. The first-order valence-corrected chi connectivity index (χ1v) is 14.7. The fourth-order valence-electron chi connectivity index (χ4n) is 9.21. The number of hydrogen-bond donors (Lipinski definition) is 3. The lowest BCUT2D eigenvalue weighted by Crippen LogP contribution is -2.60. The minimum Gasteiger partial charge on any atom is -0.393 e. The Morgan fingerprint density at radius 2 is 1.90 bits per heavy atom. The summed E-state index contributed by atoms with van der Waals surface area (Å²) in [5, 5.41) is 21.9. The van der Waals surface area contributed by atoms with Crippen LogP contribution in [0, 0.1) is 39.9 Å². The number of hydrogen-bond acceptors (Lipinski definition) is 6. The summed E-state index contributed by atoms with van der Waals surface area (Å²) in [6, 6.07) is 0. The number of carbonyl (C=O) groups excluding carboxylic acids is 2. The van der Waals surface area contributed by atoms with E-state index in [0.29, 0.717) is 36.9 Å². The smallest absolute Gasteiger partial charge is 0.166 e. The Hall–Kier alpha value is -1.54. The van der Waals surface area contributed by atoms with Gasteiger partial charge in [-0.1, -0.05) is 45.1 Å². The largest absolute Gasteiger partial charge is 0.393 e. The Balaban J connectivity index is 0.00000205. The third kappa shape index (κ3) is 5.66. The minimum absolute atomic E-state index is 0.0375. The molecule has 0 amide bonds. The number of carbonyl (C=O) groups is 2. The van der Waals surface area contributed by atoms with E-state index in [9.17, 15) is 24.2 Å². The number of thiol groups is 1. The van der Waals surface area contributed by atoms with E-state index >= 15 is 0 Å². The van der Waals surface area contributed by atoms with Crippen LogP contribution >= 0.6 is 12.6 Å². The summed E-state index contributed by atoms with van der Waals surface area (Å²) in [5.74, 6) is 0.850. The second-order valence-corrected chi connectivity index (χ2v) is 13.2. The number of fused-ring (bicyclic) bond motifs is 5. The fourth-order valence-corrected chi connectivity index (χ4v) is 9.28. The molecule has 7 heteroatoms. The lowest BCUT2D eigenvalue weighted by Gasteiger charge is -2.59. The van der Waals surface area contributed by atoms with Crippen molar-refractivity contribution in [2.45, 2.75) is 65.9 Å². The van der Waals surface area contributed by atoms with Gasteiger partial charge in [-0.25, -0.2) is 0 Å². The van der Waals surface area contributed by atoms with E-state index in [2.05, 4.69) is 50.1 Å². The molecule has 0 radical (unpaired) electrons. The van der Waals surface area contributed by atoms with Crippen LogP contribution < -0.4 is 0 Å². The fraction of sp³-hybridized carbons (Fsp3) is 0.688. The van der Waals surface area contributed by atoms with Crippen molar-refractivity contribution in [2.24, 2.45) is 39.9 Å². The number of alkyl halides is 1. The maximum Gasteiger partial charge on any atom is 0.166 e. The monoisotopic (exact) mass is 561 g/mol. The van der Waals surface area contributed by atoms with Crippen LogP contribution in [0.5, 0.6) is 0 Å². The first-order valence-electron chi connectivity index (χ1n) is 14.2. The zero-order valence-corrected chi connectivity index (χ0v) is 25.2. The lowest BCUT2D eigenvalue weighted by molar-refractivity contribution is -0.163. The van der Waals surface area contributed by atoms with Gasteiger partial charge in [-0.2, -0.15) is 0 Å². The molecular formula is C32H48FNO4S. The van der Waals surface area contributed by atoms with Crippen molar-refractivity contribution in [3.63, 3.8) is 0 Å². The third-order valence-corrected chi connectivity index (χ3v) is 10.8. The Labute approximate surface area is 239 Å². The molecule has 218 valence electrons. The molecule has 5 unspecified atom stereocenters. The molecule has 1 aliphatic heterocycles. The molecule has 0 spiro atoms. The molecule has 3 saturated carbocycles. The maximum atomic E-state index is 13.7. The summed E-state index contributed by atoms with van der Waals surface area (Å²) in [6.07, 6.45) is 13.8. The van der Waals surface area contributed by atoms with Crippen LogP contribution in [-0.2, 0) is 9.59 Å². The van der Waals surface area contributed by atoms with Crippen LogP contribution in [-0.4, -0.2) is 66.2 Å². The summed E-state index contributed by atoms with van der Waals surface area (Å²) < 4.78 is 9.50. The summed E-state index contributed by atoms with van der Waals surface area (Å²) >= 11 is 4.27. The Kier molecular flexibility index (Phi) is 10.3. The number of allylic oxidation sites excluding steroid dienone is 4. The highest BCUT2D eigenvalue weighted by molar-refractivity contribution is 7.84. The lowest BCUT2D eigenvalue weighted by atomic mass is 9.45. The maximum absolute atomic E-state index is 13.7. The number of nitrogens with zero attached hydrogens (tertiary/aromatic N) is 1. The van der Waals surface area contributed by atoms with E-state index in [1.165, 1.54) is 0 Å². The first-order chi connectivity index (χ1) is 18.4. The average molecular weight is 562 g/mol. The van der Waals surface area contributed by atoms with Crippen LogP contribution in [0.15, 0.2) is 47.4 Å². The molecular weight excluding hydrogens is 513 g/mol. The topological polar surface area (TPSA) is 77.8 Å². The second-order valence-electron chi connectivity index (χ2n) is 12.7. The van der Waals surface area contributed by atoms with E-state index in [1.807, 2.05) is 19.1 Å². The van der Waals surface area contributed by atoms with Gasteiger partial charge in [0.05, 0.1) is 18.7 Å². The number of Topliss-reactive ketones (excluding diaryl/α,β-unsaturated/α-hetero) is 1. The number of ketones is 2. The molecule has 1 heterocycles. The minimum atomic E-state index is -0.656. The number of halogens is 1. The van der Waals surface area contributed by atoms with E-state index in [1.54, 1.807) is 13.0 Å². The molecule has 0 aromatic carbocycles. The average Bonchev–Trinajstić information content (AvgIpc) is 3.38. The van der Waals surface area contributed by atoms with Crippen LogP contribution in [0.1, 0.15) is 59.8 Å². The number of likely N-dealkylation sites (tertiary alicyclic amines) is 1. The van der Waals surface area contributed by atoms with Gasteiger partial charge in [0.1, 0.15) is 6.61 Å². The SMILES string of the molecule is C=C(S)/C=C\C(=C/C)CN1C[C@@H]2C[C@H]3C4CCCC(C)(/C=C\C(C)=O)C4C(O)CC3(C)[C@]2(C(=O)CO)C1.CF. The van der Waals surface area contributed by atoms with Gasteiger partial charge in [0.2, 0.25) is 0 Å². The molecule has 0 aromatic rings. The van der Waals surface area contributed by atoms with Crippen LogP contribution in [0.3, 0.4) is 0 Å². The number of aliphatic hydroxyl groups is 2. The van der Waals surface area contributed by atoms with Crippen molar-refractivity contribution >= 4 is 24.2 Å². The van der Waals surface area contributed by atoms with E-state index in [-0.39, 0.29) is 34.2 Å². The Morgan fingerprint density at radius 1 is 1.21 bits per heavy atom. The Bertz CT molecular complexity index is 1040. The van der Waals surface area contributed by atoms with Crippen molar-refractivity contribution in [1.82, 2.24) is 4.90 Å². The van der Waals surface area contributed by atoms with Crippen LogP contribution in [0.2, 0.25) is 0 Å². The van der Waals surface area contributed by atoms with E-state index in [0.717, 1.165) is 44.3 Å².